The van der Waals surface area contributed by atoms with Crippen molar-refractivity contribution < 1.29 is 9.53 Å². The van der Waals surface area contributed by atoms with Crippen LogP contribution in [0, 0.1) is 11.3 Å². The second-order valence-electron chi connectivity index (χ2n) is 3.46. The Hall–Kier alpha value is -1.50. The van der Waals surface area contributed by atoms with Crippen molar-refractivity contribution in [3.8, 4) is 6.07 Å². The molecule has 0 amide bonds. The molecule has 0 spiro atoms. The van der Waals surface area contributed by atoms with E-state index in [0.29, 0.717) is 21.2 Å². The lowest BCUT2D eigenvalue weighted by atomic mass is 10.0. The highest BCUT2D eigenvalue weighted by Crippen LogP contribution is 2.27. The van der Waals surface area contributed by atoms with Gasteiger partial charge >= 0.3 is 5.97 Å². The number of rotatable bonds is 3. The molecule has 3 nitrogen and oxygen atoms in total. The van der Waals surface area contributed by atoms with Crippen LogP contribution in [0.25, 0.3) is 5.57 Å². The predicted molar refractivity (Wildman–Crippen MR) is 71.3 cm³/mol. The number of esters is 1. The standard InChI is InChI=1S/C13H11Cl2NO2/c1-3-18-13(17)10(7-16)8(2)9-4-5-11(14)12(15)6-9/h4-6H,3H2,1-2H3/b10-8+. The minimum absolute atomic E-state index is 0.0322. The Morgan fingerprint density at radius 3 is 2.56 bits per heavy atom. The number of nitriles is 1. The van der Waals surface area contributed by atoms with Gasteiger partial charge in [-0.2, -0.15) is 5.26 Å². The van der Waals surface area contributed by atoms with E-state index in [-0.39, 0.29) is 12.2 Å². The first-order chi connectivity index (χ1) is 8.51. The van der Waals surface area contributed by atoms with E-state index in [9.17, 15) is 4.79 Å². The minimum atomic E-state index is -0.636. The molecule has 0 aliphatic heterocycles. The van der Waals surface area contributed by atoms with Gasteiger partial charge in [-0.1, -0.05) is 29.3 Å². The summed E-state index contributed by atoms with van der Waals surface area (Å²) in [5.41, 5.74) is 1.14. The van der Waals surface area contributed by atoms with Crippen LogP contribution in [0.4, 0.5) is 0 Å². The molecule has 0 saturated heterocycles. The first-order valence-corrected chi connectivity index (χ1v) is 6.00. The maximum atomic E-state index is 11.6. The largest absolute Gasteiger partial charge is 0.462 e. The Bertz CT molecular complexity index is 544. The van der Waals surface area contributed by atoms with Gasteiger partial charge in [-0.05, 0) is 37.1 Å². The lowest BCUT2D eigenvalue weighted by Crippen LogP contribution is -2.08. The van der Waals surface area contributed by atoms with Gasteiger partial charge in [0.25, 0.3) is 0 Å². The summed E-state index contributed by atoms with van der Waals surface area (Å²) < 4.78 is 4.81. The Labute approximate surface area is 116 Å². The quantitative estimate of drug-likeness (QED) is 0.481. The van der Waals surface area contributed by atoms with Gasteiger partial charge in [0.2, 0.25) is 0 Å². The number of carbonyl (C=O) groups excluding carboxylic acids is 1. The Morgan fingerprint density at radius 1 is 1.39 bits per heavy atom. The Morgan fingerprint density at radius 2 is 2.06 bits per heavy atom. The lowest BCUT2D eigenvalue weighted by Gasteiger charge is -2.06. The number of nitrogens with zero attached hydrogens (tertiary/aromatic N) is 1. The number of hydrogen-bond acceptors (Lipinski definition) is 3. The third kappa shape index (κ3) is 3.25. The third-order valence-electron chi connectivity index (χ3n) is 2.32. The van der Waals surface area contributed by atoms with Crippen LogP contribution in [-0.4, -0.2) is 12.6 Å². The molecule has 1 aromatic carbocycles. The molecular formula is C13H11Cl2NO2. The van der Waals surface area contributed by atoms with E-state index in [2.05, 4.69) is 0 Å². The van der Waals surface area contributed by atoms with Gasteiger partial charge in [0.15, 0.2) is 0 Å². The third-order valence-corrected chi connectivity index (χ3v) is 3.06. The number of allylic oxidation sites excluding steroid dienone is 1. The summed E-state index contributed by atoms with van der Waals surface area (Å²) in [5, 5.41) is 9.80. The molecular weight excluding hydrogens is 273 g/mol. The number of ether oxygens (including phenoxy) is 1. The molecule has 0 fully saturated rings. The molecule has 18 heavy (non-hydrogen) atoms. The number of carbonyl (C=O) groups is 1. The van der Waals surface area contributed by atoms with Crippen LogP contribution in [0.15, 0.2) is 23.8 Å². The monoisotopic (exact) mass is 283 g/mol. The van der Waals surface area contributed by atoms with Crippen molar-refractivity contribution in [3.05, 3.63) is 39.4 Å². The zero-order valence-corrected chi connectivity index (χ0v) is 11.5. The first kappa shape index (κ1) is 14.6. The molecule has 0 aliphatic carbocycles. The van der Waals surface area contributed by atoms with Gasteiger partial charge in [-0.3, -0.25) is 0 Å². The second kappa shape index (κ2) is 6.44. The zero-order chi connectivity index (χ0) is 13.7. The molecule has 5 heteroatoms. The van der Waals surface area contributed by atoms with Crippen molar-refractivity contribution in [2.24, 2.45) is 0 Å². The fourth-order valence-corrected chi connectivity index (χ4v) is 1.66. The Kier molecular flexibility index (Phi) is 5.21. The summed E-state index contributed by atoms with van der Waals surface area (Å²) >= 11 is 11.7. The average molecular weight is 284 g/mol. The van der Waals surface area contributed by atoms with Crippen molar-refractivity contribution in [2.75, 3.05) is 6.61 Å². The van der Waals surface area contributed by atoms with Gasteiger partial charge < -0.3 is 4.74 Å². The van der Waals surface area contributed by atoms with Crippen molar-refractivity contribution >= 4 is 34.7 Å². The van der Waals surface area contributed by atoms with E-state index in [4.69, 9.17) is 33.2 Å². The summed E-state index contributed by atoms with van der Waals surface area (Å²) in [7, 11) is 0. The van der Waals surface area contributed by atoms with Crippen LogP contribution >= 0.6 is 23.2 Å². The topological polar surface area (TPSA) is 50.1 Å². The molecule has 0 aromatic heterocycles. The van der Waals surface area contributed by atoms with E-state index in [0.717, 1.165) is 0 Å². The highest BCUT2D eigenvalue weighted by atomic mass is 35.5. The van der Waals surface area contributed by atoms with Crippen molar-refractivity contribution in [3.63, 3.8) is 0 Å². The molecule has 1 rings (SSSR count). The highest BCUT2D eigenvalue weighted by molar-refractivity contribution is 6.42. The van der Waals surface area contributed by atoms with E-state index in [1.54, 1.807) is 32.0 Å². The van der Waals surface area contributed by atoms with Gasteiger partial charge in [0.05, 0.1) is 16.7 Å². The predicted octanol–water partition coefficient (Wildman–Crippen LogP) is 3.85. The molecule has 0 aliphatic rings. The molecule has 1 aromatic rings. The van der Waals surface area contributed by atoms with Crippen LogP contribution < -0.4 is 0 Å². The normalized spacial score (nSPS) is 11.5. The maximum Gasteiger partial charge on any atom is 0.349 e. The summed E-state index contributed by atoms with van der Waals surface area (Å²) in [6, 6.07) is 6.76. The number of halogens is 2. The number of benzene rings is 1. The molecule has 0 heterocycles. The fraction of sp³-hybridized carbons (Fsp3) is 0.231. The molecule has 0 bridgehead atoms. The summed E-state index contributed by atoms with van der Waals surface area (Å²) in [6.07, 6.45) is 0. The smallest absolute Gasteiger partial charge is 0.349 e. The molecule has 0 saturated carbocycles. The van der Waals surface area contributed by atoms with E-state index in [1.807, 2.05) is 6.07 Å². The fourth-order valence-electron chi connectivity index (χ4n) is 1.36. The van der Waals surface area contributed by atoms with Crippen LogP contribution in [0.5, 0.6) is 0 Å². The van der Waals surface area contributed by atoms with E-state index < -0.39 is 5.97 Å². The SMILES string of the molecule is CCOC(=O)/C(C#N)=C(\C)c1ccc(Cl)c(Cl)c1. The first-order valence-electron chi connectivity index (χ1n) is 5.24. The summed E-state index contributed by atoms with van der Waals surface area (Å²) in [4.78, 5) is 11.6. The van der Waals surface area contributed by atoms with Crippen LogP contribution in [0.3, 0.4) is 0 Å². The maximum absolute atomic E-state index is 11.6. The number of hydrogen-bond donors (Lipinski definition) is 0. The summed E-state index contributed by atoms with van der Waals surface area (Å²) in [6.45, 7) is 3.56. The van der Waals surface area contributed by atoms with Gasteiger partial charge in [0.1, 0.15) is 11.6 Å². The van der Waals surface area contributed by atoms with Gasteiger partial charge in [-0.15, -0.1) is 0 Å². The van der Waals surface area contributed by atoms with Crippen LogP contribution in [0.1, 0.15) is 19.4 Å². The van der Waals surface area contributed by atoms with E-state index in [1.165, 1.54) is 0 Å². The minimum Gasteiger partial charge on any atom is -0.462 e. The van der Waals surface area contributed by atoms with Gasteiger partial charge in [-0.25, -0.2) is 4.79 Å². The molecule has 0 N–H and O–H groups in total. The molecule has 0 unspecified atom stereocenters. The highest BCUT2D eigenvalue weighted by Gasteiger charge is 2.15. The lowest BCUT2D eigenvalue weighted by molar-refractivity contribution is -0.137. The van der Waals surface area contributed by atoms with E-state index >= 15 is 0 Å². The second-order valence-corrected chi connectivity index (χ2v) is 4.28. The van der Waals surface area contributed by atoms with Crippen LogP contribution in [-0.2, 0) is 9.53 Å². The van der Waals surface area contributed by atoms with Crippen molar-refractivity contribution in [2.45, 2.75) is 13.8 Å². The van der Waals surface area contributed by atoms with Crippen molar-refractivity contribution in [1.29, 1.82) is 5.26 Å². The van der Waals surface area contributed by atoms with Gasteiger partial charge in [0, 0.05) is 0 Å². The zero-order valence-electron chi connectivity index (χ0n) is 9.96. The van der Waals surface area contributed by atoms with Crippen molar-refractivity contribution in [1.82, 2.24) is 0 Å². The molecule has 0 atom stereocenters. The average Bonchev–Trinajstić information content (AvgIpc) is 2.33. The Balaban J connectivity index is 3.23. The molecule has 0 radical (unpaired) electrons. The molecule has 94 valence electrons. The van der Waals surface area contributed by atoms with Crippen LogP contribution in [0.2, 0.25) is 10.0 Å². The summed E-state index contributed by atoms with van der Waals surface area (Å²) in [5.74, 6) is -0.636.